The maximum absolute atomic E-state index is 12.3. The van der Waals surface area contributed by atoms with E-state index in [2.05, 4.69) is 0 Å². The summed E-state index contributed by atoms with van der Waals surface area (Å²) in [5.41, 5.74) is 1.56. The van der Waals surface area contributed by atoms with Gasteiger partial charge >= 0.3 is 0 Å². The van der Waals surface area contributed by atoms with E-state index in [4.69, 9.17) is 4.74 Å². The second-order valence-corrected chi connectivity index (χ2v) is 6.60. The Kier molecular flexibility index (Phi) is 6.44. The Morgan fingerprint density at radius 2 is 1.71 bits per heavy atom. The van der Waals surface area contributed by atoms with Crippen LogP contribution in [0.1, 0.15) is 29.3 Å². The van der Waals surface area contributed by atoms with Gasteiger partial charge in [0.1, 0.15) is 5.75 Å². The standard InChI is InChI=1S/C19H20O4S/c1-3-23-15-8-6-14(7-9-15)17(20)12-18(19(21)22)24-16-10-4-13(2)5-11-16/h4-11,18H,3,12H2,1-2H3,(H,21,22)/p-1/t18-/m0/s1. The summed E-state index contributed by atoms with van der Waals surface area (Å²) in [5, 5.41) is 10.4. The highest BCUT2D eigenvalue weighted by molar-refractivity contribution is 8.00. The van der Waals surface area contributed by atoms with Crippen LogP contribution in [0.15, 0.2) is 53.4 Å². The fraction of sp³-hybridized carbons (Fsp3) is 0.263. The Morgan fingerprint density at radius 1 is 1.08 bits per heavy atom. The highest BCUT2D eigenvalue weighted by atomic mass is 32.2. The van der Waals surface area contributed by atoms with Crippen molar-refractivity contribution in [3.63, 3.8) is 0 Å². The minimum atomic E-state index is -1.24. The number of ether oxygens (including phenoxy) is 1. The summed E-state index contributed by atoms with van der Waals surface area (Å²) in [4.78, 5) is 24.5. The molecule has 0 amide bonds. The van der Waals surface area contributed by atoms with Crippen LogP contribution in [0.2, 0.25) is 0 Å². The molecule has 24 heavy (non-hydrogen) atoms. The molecular formula is C19H19O4S-. The van der Waals surface area contributed by atoms with Gasteiger partial charge in [-0.15, -0.1) is 11.8 Å². The van der Waals surface area contributed by atoms with E-state index in [1.807, 2.05) is 38.1 Å². The molecule has 0 saturated heterocycles. The number of Topliss-reactive ketones (excluding diaryl/α,β-unsaturated/α-hetero) is 1. The molecule has 0 bridgehead atoms. The first-order valence-corrected chi connectivity index (χ1v) is 8.57. The van der Waals surface area contributed by atoms with Crippen molar-refractivity contribution in [2.75, 3.05) is 6.61 Å². The molecule has 0 radical (unpaired) electrons. The molecule has 0 aromatic heterocycles. The number of rotatable bonds is 8. The quantitative estimate of drug-likeness (QED) is 0.545. The van der Waals surface area contributed by atoms with Crippen LogP contribution in [0.3, 0.4) is 0 Å². The number of hydrogen-bond acceptors (Lipinski definition) is 5. The average molecular weight is 343 g/mol. The van der Waals surface area contributed by atoms with E-state index < -0.39 is 11.2 Å². The molecule has 5 heteroatoms. The van der Waals surface area contributed by atoms with Gasteiger partial charge < -0.3 is 14.6 Å². The molecule has 0 aliphatic heterocycles. The zero-order chi connectivity index (χ0) is 17.5. The SMILES string of the molecule is CCOc1ccc(C(=O)C[C@H](Sc2ccc(C)cc2)C(=O)[O-])cc1. The highest BCUT2D eigenvalue weighted by Gasteiger charge is 2.18. The number of carbonyl (C=O) groups is 2. The lowest BCUT2D eigenvalue weighted by Gasteiger charge is -2.17. The second-order valence-electron chi connectivity index (χ2n) is 5.32. The summed E-state index contributed by atoms with van der Waals surface area (Å²) >= 11 is 1.13. The number of carboxylic acid groups (broad SMARTS) is 1. The van der Waals surface area contributed by atoms with Gasteiger partial charge in [0.2, 0.25) is 0 Å². The minimum absolute atomic E-state index is 0.116. The van der Waals surface area contributed by atoms with Crippen LogP contribution in [-0.4, -0.2) is 23.6 Å². The number of thioether (sulfide) groups is 1. The molecule has 0 heterocycles. The van der Waals surface area contributed by atoms with E-state index in [0.717, 1.165) is 22.2 Å². The molecule has 0 unspecified atom stereocenters. The molecule has 0 fully saturated rings. The summed E-state index contributed by atoms with van der Waals surface area (Å²) in [6.07, 6.45) is -0.116. The van der Waals surface area contributed by atoms with Crippen LogP contribution in [0.25, 0.3) is 0 Å². The number of carbonyl (C=O) groups excluding carboxylic acids is 2. The molecule has 0 N–H and O–H groups in total. The van der Waals surface area contributed by atoms with Gasteiger partial charge in [-0.3, -0.25) is 4.79 Å². The monoisotopic (exact) mass is 343 g/mol. The fourth-order valence-electron chi connectivity index (χ4n) is 2.14. The normalized spacial score (nSPS) is 11.8. The van der Waals surface area contributed by atoms with Crippen LogP contribution in [0, 0.1) is 6.92 Å². The summed E-state index contributed by atoms with van der Waals surface area (Å²) in [7, 11) is 0. The third-order valence-electron chi connectivity index (χ3n) is 3.42. The van der Waals surface area contributed by atoms with Gasteiger partial charge in [0.25, 0.3) is 0 Å². The zero-order valence-electron chi connectivity index (χ0n) is 13.7. The van der Waals surface area contributed by atoms with Crippen molar-refractivity contribution in [3.05, 3.63) is 59.7 Å². The minimum Gasteiger partial charge on any atom is -0.549 e. The first-order valence-electron chi connectivity index (χ1n) is 7.70. The number of aliphatic carboxylic acids is 1. The van der Waals surface area contributed by atoms with Crippen LogP contribution >= 0.6 is 11.8 Å². The Morgan fingerprint density at radius 3 is 2.25 bits per heavy atom. The topological polar surface area (TPSA) is 66.4 Å². The third-order valence-corrected chi connectivity index (χ3v) is 4.61. The second kappa shape index (κ2) is 8.55. The predicted octanol–water partition coefficient (Wildman–Crippen LogP) is 2.88. The van der Waals surface area contributed by atoms with E-state index in [9.17, 15) is 14.7 Å². The van der Waals surface area contributed by atoms with Crippen LogP contribution < -0.4 is 9.84 Å². The smallest absolute Gasteiger partial charge is 0.164 e. The number of hydrogen-bond donors (Lipinski definition) is 0. The zero-order valence-corrected chi connectivity index (χ0v) is 14.5. The molecule has 0 aliphatic carbocycles. The van der Waals surface area contributed by atoms with E-state index >= 15 is 0 Å². The summed E-state index contributed by atoms with van der Waals surface area (Å²) in [6.45, 7) is 4.39. The number of benzene rings is 2. The van der Waals surface area contributed by atoms with Crippen molar-refractivity contribution in [2.24, 2.45) is 0 Å². The van der Waals surface area contributed by atoms with Crippen molar-refractivity contribution >= 4 is 23.5 Å². The van der Waals surface area contributed by atoms with Crippen LogP contribution in [0.5, 0.6) is 5.75 Å². The molecular weight excluding hydrogens is 324 g/mol. The number of ketones is 1. The van der Waals surface area contributed by atoms with E-state index in [-0.39, 0.29) is 12.2 Å². The van der Waals surface area contributed by atoms with Gasteiger partial charge in [-0.2, -0.15) is 0 Å². The van der Waals surface area contributed by atoms with Crippen molar-refractivity contribution < 1.29 is 19.4 Å². The molecule has 1 atom stereocenters. The van der Waals surface area contributed by atoms with Gasteiger partial charge in [0, 0.05) is 16.9 Å². The Balaban J connectivity index is 2.05. The molecule has 0 saturated carbocycles. The predicted molar refractivity (Wildman–Crippen MR) is 92.4 cm³/mol. The van der Waals surface area contributed by atoms with Crippen molar-refractivity contribution in [1.29, 1.82) is 0 Å². The third kappa shape index (κ3) is 5.13. The van der Waals surface area contributed by atoms with E-state index in [1.54, 1.807) is 24.3 Å². The molecule has 0 aliphatic rings. The largest absolute Gasteiger partial charge is 0.549 e. The fourth-order valence-corrected chi connectivity index (χ4v) is 3.10. The van der Waals surface area contributed by atoms with Gasteiger partial charge in [-0.05, 0) is 50.2 Å². The van der Waals surface area contributed by atoms with Gasteiger partial charge in [0.15, 0.2) is 5.78 Å². The number of aryl methyl sites for hydroxylation is 1. The van der Waals surface area contributed by atoms with Gasteiger partial charge in [-0.1, -0.05) is 17.7 Å². The van der Waals surface area contributed by atoms with E-state index in [1.165, 1.54) is 0 Å². The molecule has 0 spiro atoms. The van der Waals surface area contributed by atoms with Crippen molar-refractivity contribution in [3.8, 4) is 5.75 Å². The van der Waals surface area contributed by atoms with Crippen LogP contribution in [0.4, 0.5) is 0 Å². The van der Waals surface area contributed by atoms with Crippen LogP contribution in [-0.2, 0) is 4.79 Å². The lowest BCUT2D eigenvalue weighted by Crippen LogP contribution is -2.35. The van der Waals surface area contributed by atoms with Crippen molar-refractivity contribution in [1.82, 2.24) is 0 Å². The molecule has 126 valence electrons. The first kappa shape index (κ1) is 18.1. The lowest BCUT2D eigenvalue weighted by molar-refractivity contribution is -0.304. The van der Waals surface area contributed by atoms with Gasteiger partial charge in [0.05, 0.1) is 17.8 Å². The summed E-state index contributed by atoms with van der Waals surface area (Å²) in [6, 6.07) is 14.2. The Bertz CT molecular complexity index is 692. The van der Waals surface area contributed by atoms with Crippen molar-refractivity contribution in [2.45, 2.75) is 30.4 Å². The Labute approximate surface area is 145 Å². The summed E-state index contributed by atoms with van der Waals surface area (Å²) < 4.78 is 5.33. The maximum atomic E-state index is 12.3. The maximum Gasteiger partial charge on any atom is 0.164 e. The van der Waals surface area contributed by atoms with Gasteiger partial charge in [-0.25, -0.2) is 0 Å². The Hall–Kier alpha value is -2.27. The highest BCUT2D eigenvalue weighted by Crippen LogP contribution is 2.27. The molecule has 2 aromatic rings. The molecule has 4 nitrogen and oxygen atoms in total. The average Bonchev–Trinajstić information content (AvgIpc) is 2.57. The first-order chi connectivity index (χ1) is 11.5. The molecule has 2 aromatic carbocycles. The molecule has 2 rings (SSSR count). The lowest BCUT2D eigenvalue weighted by atomic mass is 10.1. The number of carboxylic acids is 1. The summed E-state index contributed by atoms with van der Waals surface area (Å²) in [5.74, 6) is -0.786. The van der Waals surface area contributed by atoms with E-state index in [0.29, 0.717) is 17.9 Å².